The molecule has 2 aromatic rings. The molecular weight excluding hydrogens is 631 g/mol. The minimum absolute atomic E-state index is 0.229. The zero-order valence-corrected chi connectivity index (χ0v) is 27.7. The van der Waals surface area contributed by atoms with Gasteiger partial charge in [-0.05, 0) is 88.2 Å². The Balaban J connectivity index is 0.000000900. The molecule has 14 heteroatoms. The van der Waals surface area contributed by atoms with Crippen molar-refractivity contribution in [2.75, 3.05) is 43.6 Å². The molecule has 0 saturated carbocycles. The fourth-order valence-electron chi connectivity index (χ4n) is 4.11. The molecule has 2 N–H and O–H groups in total. The van der Waals surface area contributed by atoms with Crippen molar-refractivity contribution in [1.29, 1.82) is 0 Å². The highest BCUT2D eigenvalue weighted by Crippen LogP contribution is 2.34. The average Bonchev–Trinajstić information content (AvgIpc) is 2.92. The average molecular weight is 674 g/mol. The van der Waals surface area contributed by atoms with Gasteiger partial charge >= 0.3 is 6.18 Å². The third kappa shape index (κ3) is 13.8. The van der Waals surface area contributed by atoms with Crippen LogP contribution in [-0.4, -0.2) is 73.6 Å². The van der Waals surface area contributed by atoms with Gasteiger partial charge in [-0.3, -0.25) is 4.79 Å². The lowest BCUT2D eigenvalue weighted by Crippen LogP contribution is -2.43. The van der Waals surface area contributed by atoms with Crippen molar-refractivity contribution < 1.29 is 39.5 Å². The van der Waals surface area contributed by atoms with E-state index < -0.39 is 48.7 Å². The van der Waals surface area contributed by atoms with Gasteiger partial charge in [0.15, 0.2) is 9.84 Å². The molecule has 3 rings (SSSR count). The number of nitrogens with one attached hydrogen (secondary N) is 2. The number of alkyl halides is 3. The van der Waals surface area contributed by atoms with Crippen LogP contribution in [0.1, 0.15) is 50.3 Å². The van der Waals surface area contributed by atoms with Crippen molar-refractivity contribution in [1.82, 2.24) is 10.0 Å². The third-order valence-corrected chi connectivity index (χ3v) is 9.35. The van der Waals surface area contributed by atoms with E-state index >= 15 is 0 Å². The summed E-state index contributed by atoms with van der Waals surface area (Å²) in [5.41, 5.74) is -0.0233. The van der Waals surface area contributed by atoms with Gasteiger partial charge in [0, 0.05) is 25.8 Å². The molecule has 0 atom stereocenters. The Morgan fingerprint density at radius 1 is 0.933 bits per heavy atom. The molecule has 45 heavy (non-hydrogen) atoms. The fraction of sp³-hybridized carbons (Fsp3) is 0.452. The Bertz CT molecular complexity index is 1530. The molecule has 1 aliphatic heterocycles. The van der Waals surface area contributed by atoms with Crippen LogP contribution in [0.25, 0.3) is 12.2 Å². The number of halogens is 3. The summed E-state index contributed by atoms with van der Waals surface area (Å²) in [5, 5.41) is 3.12. The number of anilines is 1. The quantitative estimate of drug-likeness (QED) is 0.323. The van der Waals surface area contributed by atoms with Crippen molar-refractivity contribution in [2.45, 2.75) is 56.3 Å². The van der Waals surface area contributed by atoms with Gasteiger partial charge < -0.3 is 15.0 Å². The largest absolute Gasteiger partial charge is 0.462 e. The maximum atomic E-state index is 13.6. The zero-order valence-electron chi connectivity index (χ0n) is 26.1. The molecule has 1 fully saturated rings. The first-order chi connectivity index (χ1) is 20.8. The normalized spacial score (nSPS) is 15.1. The van der Waals surface area contributed by atoms with Gasteiger partial charge in [0.1, 0.15) is 5.60 Å². The van der Waals surface area contributed by atoms with Gasteiger partial charge in [0.2, 0.25) is 10.0 Å². The van der Waals surface area contributed by atoms with E-state index in [1.807, 2.05) is 64.0 Å². The first kappa shape index (κ1) is 38.0. The maximum absolute atomic E-state index is 13.6. The smallest absolute Gasteiger partial charge is 0.416 e. The fourth-order valence-corrected chi connectivity index (χ4v) is 6.42. The van der Waals surface area contributed by atoms with Crippen molar-refractivity contribution in [3.8, 4) is 0 Å². The number of nitrogens with zero attached hydrogens (tertiary/aromatic N) is 1. The Kier molecular flexibility index (Phi) is 13.8. The van der Waals surface area contributed by atoms with Crippen LogP contribution in [-0.2, 0) is 35.6 Å². The van der Waals surface area contributed by atoms with Crippen LogP contribution < -0.4 is 14.9 Å². The minimum Gasteiger partial charge on any atom is -0.462 e. The lowest BCUT2D eigenvalue weighted by Gasteiger charge is -2.23. The van der Waals surface area contributed by atoms with Gasteiger partial charge in [0.25, 0.3) is 6.47 Å². The van der Waals surface area contributed by atoms with Crippen LogP contribution in [0.5, 0.6) is 0 Å². The molecule has 0 spiro atoms. The number of carbonyl (C=O) groups is 1. The molecule has 2 aromatic carbocycles. The monoisotopic (exact) mass is 673 g/mol. The molecule has 250 valence electrons. The second-order valence-electron chi connectivity index (χ2n) is 11.6. The van der Waals surface area contributed by atoms with Crippen LogP contribution >= 0.6 is 0 Å². The second-order valence-corrected chi connectivity index (χ2v) is 15.4. The van der Waals surface area contributed by atoms with Crippen LogP contribution in [0, 0.1) is 0 Å². The van der Waals surface area contributed by atoms with Gasteiger partial charge in [0.05, 0.1) is 22.0 Å². The number of sulfonamides is 1. The summed E-state index contributed by atoms with van der Waals surface area (Å²) in [4.78, 5) is 11.2. The minimum atomic E-state index is -4.74. The first-order valence-corrected chi connectivity index (χ1v) is 17.5. The van der Waals surface area contributed by atoms with Gasteiger partial charge in [-0.1, -0.05) is 36.4 Å². The molecule has 9 nitrogen and oxygen atoms in total. The maximum Gasteiger partial charge on any atom is 0.416 e. The summed E-state index contributed by atoms with van der Waals surface area (Å²) >= 11 is 0. The number of hydrogen-bond acceptors (Lipinski definition) is 8. The van der Waals surface area contributed by atoms with Crippen molar-refractivity contribution in [2.24, 2.45) is 0 Å². The molecule has 0 aromatic heterocycles. The highest BCUT2D eigenvalue weighted by Gasteiger charge is 2.33. The molecule has 0 bridgehead atoms. The third-order valence-electron chi connectivity index (χ3n) is 6.42. The Morgan fingerprint density at radius 3 is 2.04 bits per heavy atom. The summed E-state index contributed by atoms with van der Waals surface area (Å²) in [5.74, 6) is -0.938. The molecular formula is C31H42F3N3O6S2. The van der Waals surface area contributed by atoms with E-state index in [-0.39, 0.29) is 16.5 Å². The van der Waals surface area contributed by atoms with E-state index in [1.54, 1.807) is 6.08 Å². The van der Waals surface area contributed by atoms with Crippen molar-refractivity contribution in [3.05, 3.63) is 71.3 Å². The molecule has 1 heterocycles. The Morgan fingerprint density at radius 2 is 1.53 bits per heavy atom. The van der Waals surface area contributed by atoms with Crippen molar-refractivity contribution in [3.63, 3.8) is 0 Å². The lowest BCUT2D eigenvalue weighted by molar-refractivity contribution is -0.139. The van der Waals surface area contributed by atoms with Crippen LogP contribution in [0.15, 0.2) is 59.5 Å². The second kappa shape index (κ2) is 16.4. The first-order valence-electron chi connectivity index (χ1n) is 14.2. The van der Waals surface area contributed by atoms with Gasteiger partial charge in [-0.15, -0.1) is 0 Å². The predicted octanol–water partition coefficient (Wildman–Crippen LogP) is 4.90. The van der Waals surface area contributed by atoms with E-state index in [0.29, 0.717) is 38.5 Å². The molecule has 1 aliphatic rings. The SMILES string of the molecule is CC(C)(C)OC=O.CN(C)c1ccc(C=CCS(=O)(=O)c2ccc(C(F)(F)F)c(C=CCS(=O)(=O)NC3CCNCC3)c2)cc1. The van der Waals surface area contributed by atoms with E-state index in [0.717, 1.165) is 35.5 Å². The standard InChI is InChI=1S/C26H32F3N3O4S2.C5H10O2/c1-32(2)23-9-7-20(8-10-23)5-3-17-37(33,34)24-11-12-25(26(27,28)29)21(19-24)6-4-18-38(35,36)31-22-13-15-30-16-14-22;1-5(2,3)7-4-6/h3-12,19,22,30-31H,13-18H2,1-2H3;4H,1-3H3. The molecule has 0 amide bonds. The summed E-state index contributed by atoms with van der Waals surface area (Å²) in [6.07, 6.45) is 1.67. The predicted molar refractivity (Wildman–Crippen MR) is 172 cm³/mol. The highest BCUT2D eigenvalue weighted by atomic mass is 32.2. The number of benzene rings is 2. The Hall–Kier alpha value is -3.20. The van der Waals surface area contributed by atoms with E-state index in [4.69, 9.17) is 0 Å². The van der Waals surface area contributed by atoms with Crippen LogP contribution in [0.3, 0.4) is 0 Å². The number of rotatable bonds is 11. The molecule has 0 radical (unpaired) electrons. The number of ether oxygens (including phenoxy) is 1. The lowest BCUT2D eigenvalue weighted by atomic mass is 10.1. The van der Waals surface area contributed by atoms with Crippen LogP contribution in [0.4, 0.5) is 18.9 Å². The Labute approximate surface area is 264 Å². The van der Waals surface area contributed by atoms with Gasteiger partial charge in [-0.2, -0.15) is 13.2 Å². The number of hydrogen-bond donors (Lipinski definition) is 2. The number of carbonyl (C=O) groups excluding carboxylic acids is 1. The summed E-state index contributed by atoms with van der Waals surface area (Å²) in [6.45, 7) is 7.28. The summed E-state index contributed by atoms with van der Waals surface area (Å²) in [7, 11) is -3.90. The van der Waals surface area contributed by atoms with E-state index in [1.165, 1.54) is 6.08 Å². The molecule has 0 aliphatic carbocycles. The topological polar surface area (TPSA) is 122 Å². The summed E-state index contributed by atoms with van der Waals surface area (Å²) in [6, 6.07) is 9.74. The number of sulfone groups is 1. The highest BCUT2D eigenvalue weighted by molar-refractivity contribution is 7.91. The zero-order chi connectivity index (χ0) is 33.9. The summed E-state index contributed by atoms with van der Waals surface area (Å²) < 4.78 is 98.3. The van der Waals surface area contributed by atoms with Crippen molar-refractivity contribution >= 4 is 44.2 Å². The van der Waals surface area contributed by atoms with Gasteiger partial charge in [-0.25, -0.2) is 21.6 Å². The van der Waals surface area contributed by atoms with Crippen LogP contribution in [0.2, 0.25) is 0 Å². The van der Waals surface area contributed by atoms with E-state index in [2.05, 4.69) is 14.8 Å². The molecule has 1 saturated heterocycles. The van der Waals surface area contributed by atoms with E-state index in [9.17, 15) is 34.8 Å². The number of piperidine rings is 1. The molecule has 0 unspecified atom stereocenters.